The Morgan fingerprint density at radius 3 is 2.45 bits per heavy atom. The van der Waals surface area contributed by atoms with E-state index in [-0.39, 0.29) is 30.8 Å². The molecule has 2 amide bonds. The average Bonchev–Trinajstić information content (AvgIpc) is 2.88. The van der Waals surface area contributed by atoms with Crippen LogP contribution in [0.3, 0.4) is 0 Å². The smallest absolute Gasteiger partial charge is 0.410 e. The van der Waals surface area contributed by atoms with Gasteiger partial charge in [0.2, 0.25) is 5.91 Å². The lowest BCUT2D eigenvalue weighted by Crippen LogP contribution is -2.57. The van der Waals surface area contributed by atoms with Gasteiger partial charge in [0.1, 0.15) is 6.61 Å². The minimum atomic E-state index is -0.377. The van der Waals surface area contributed by atoms with E-state index in [0.29, 0.717) is 29.7 Å². The van der Waals surface area contributed by atoms with E-state index in [1.54, 1.807) is 35.0 Å². The van der Waals surface area contributed by atoms with E-state index in [1.807, 2.05) is 0 Å². The fourth-order valence-corrected chi connectivity index (χ4v) is 6.11. The first-order valence-electron chi connectivity index (χ1n) is 13.2. The van der Waals surface area contributed by atoms with Gasteiger partial charge in [0.15, 0.2) is 0 Å². The number of anilines is 1. The Labute approximate surface area is 233 Å². The maximum Gasteiger partial charge on any atom is 0.410 e. The van der Waals surface area contributed by atoms with E-state index < -0.39 is 0 Å². The van der Waals surface area contributed by atoms with Crippen LogP contribution >= 0.6 is 23.2 Å². The number of ether oxygens (including phenoxy) is 1. The third kappa shape index (κ3) is 6.20. The van der Waals surface area contributed by atoms with E-state index in [9.17, 15) is 14.7 Å². The van der Waals surface area contributed by atoms with Gasteiger partial charge < -0.3 is 24.5 Å². The molecule has 2 heterocycles. The molecule has 0 saturated carbocycles. The van der Waals surface area contributed by atoms with Crippen LogP contribution in [0.2, 0.25) is 10.0 Å². The van der Waals surface area contributed by atoms with Crippen LogP contribution in [-0.4, -0.2) is 90.8 Å². The summed E-state index contributed by atoms with van der Waals surface area (Å²) in [6.45, 7) is 4.69. The van der Waals surface area contributed by atoms with Crippen molar-refractivity contribution in [3.8, 4) is 0 Å². The Hall–Kier alpha value is -2.52. The third-order valence-electron chi connectivity index (χ3n) is 7.76. The molecule has 0 bridgehead atoms. The highest BCUT2D eigenvalue weighted by atomic mass is 35.5. The van der Waals surface area contributed by atoms with Gasteiger partial charge in [0, 0.05) is 62.0 Å². The number of fused-ring (bicyclic) bond motifs is 1. The van der Waals surface area contributed by atoms with Crippen molar-refractivity contribution in [3.63, 3.8) is 0 Å². The maximum absolute atomic E-state index is 13.0. The van der Waals surface area contributed by atoms with Crippen molar-refractivity contribution >= 4 is 40.9 Å². The molecule has 0 radical (unpaired) electrons. The summed E-state index contributed by atoms with van der Waals surface area (Å²) in [5.74, 6) is 0.0914. The molecule has 5 rings (SSSR count). The number of aliphatic hydroxyl groups excluding tert-OH is 1. The zero-order chi connectivity index (χ0) is 26.8. The van der Waals surface area contributed by atoms with Crippen LogP contribution in [-0.2, 0) is 22.6 Å². The summed E-state index contributed by atoms with van der Waals surface area (Å²) in [6.07, 6.45) is 2.15. The van der Waals surface area contributed by atoms with Crippen LogP contribution in [0, 0.1) is 0 Å². The predicted molar refractivity (Wildman–Crippen MR) is 148 cm³/mol. The fraction of sp³-hybridized carbons (Fsp3) is 0.500. The van der Waals surface area contributed by atoms with Gasteiger partial charge in [0.25, 0.3) is 0 Å². The lowest BCUT2D eigenvalue weighted by atomic mass is 9.86. The molecule has 8 nitrogen and oxygen atoms in total. The van der Waals surface area contributed by atoms with Gasteiger partial charge in [-0.05, 0) is 66.3 Å². The van der Waals surface area contributed by atoms with Crippen molar-refractivity contribution in [2.45, 2.75) is 38.0 Å². The number of likely N-dealkylation sites (tertiary alicyclic amines) is 1. The van der Waals surface area contributed by atoms with E-state index in [4.69, 9.17) is 27.9 Å². The number of hydrogen-bond donors (Lipinski definition) is 1. The van der Waals surface area contributed by atoms with Gasteiger partial charge in [-0.15, -0.1) is 0 Å². The van der Waals surface area contributed by atoms with Gasteiger partial charge in [-0.1, -0.05) is 29.3 Å². The van der Waals surface area contributed by atoms with Crippen molar-refractivity contribution in [1.82, 2.24) is 14.7 Å². The molecule has 38 heavy (non-hydrogen) atoms. The molecular formula is C28H34Cl2N4O4. The number of piperazine rings is 1. The third-order valence-corrected chi connectivity index (χ3v) is 8.20. The fourth-order valence-electron chi connectivity index (χ4n) is 5.54. The van der Waals surface area contributed by atoms with E-state index >= 15 is 0 Å². The molecule has 1 atom stereocenters. The van der Waals surface area contributed by atoms with Crippen LogP contribution in [0.15, 0.2) is 36.4 Å². The Kier molecular flexibility index (Phi) is 8.33. The van der Waals surface area contributed by atoms with Crippen LogP contribution < -0.4 is 4.90 Å². The van der Waals surface area contributed by atoms with Crippen molar-refractivity contribution in [2.75, 3.05) is 57.8 Å². The van der Waals surface area contributed by atoms with Crippen molar-refractivity contribution in [3.05, 3.63) is 63.1 Å². The van der Waals surface area contributed by atoms with Gasteiger partial charge in [-0.3, -0.25) is 9.69 Å². The molecule has 2 aliphatic heterocycles. The SMILES string of the molecule is CN(C(=O)OCc1cc(Cl)cc(Cl)c1)C1CCCc2ccc(N3CCN(CC(=O)N4CC(O)C4)CC3)cc21. The number of aliphatic hydroxyl groups is 1. The molecule has 2 aromatic rings. The minimum Gasteiger partial charge on any atom is -0.445 e. The van der Waals surface area contributed by atoms with Crippen molar-refractivity contribution in [2.24, 2.45) is 0 Å². The summed E-state index contributed by atoms with van der Waals surface area (Å²) in [7, 11) is 1.80. The van der Waals surface area contributed by atoms with Crippen LogP contribution in [0.4, 0.5) is 10.5 Å². The number of rotatable bonds is 6. The molecule has 1 aliphatic carbocycles. The second-order valence-electron chi connectivity index (χ2n) is 10.5. The summed E-state index contributed by atoms with van der Waals surface area (Å²) in [6, 6.07) is 11.7. The van der Waals surface area contributed by atoms with Crippen LogP contribution in [0.1, 0.15) is 35.6 Å². The first-order valence-corrected chi connectivity index (χ1v) is 13.9. The average molecular weight is 562 g/mol. The molecule has 2 aromatic carbocycles. The van der Waals surface area contributed by atoms with Gasteiger partial charge in [0.05, 0.1) is 18.7 Å². The minimum absolute atomic E-state index is 0.0556. The molecule has 204 valence electrons. The van der Waals surface area contributed by atoms with E-state index in [2.05, 4.69) is 28.0 Å². The quantitative estimate of drug-likeness (QED) is 0.576. The van der Waals surface area contributed by atoms with Gasteiger partial charge in [-0.25, -0.2) is 4.79 Å². The Morgan fingerprint density at radius 2 is 1.76 bits per heavy atom. The summed E-state index contributed by atoms with van der Waals surface area (Å²) in [5.41, 5.74) is 4.34. The topological polar surface area (TPSA) is 76.6 Å². The number of hydrogen-bond acceptors (Lipinski definition) is 6. The molecule has 1 N–H and O–H groups in total. The van der Waals surface area contributed by atoms with Gasteiger partial charge >= 0.3 is 6.09 Å². The summed E-state index contributed by atoms with van der Waals surface area (Å²) in [5, 5.41) is 10.5. The highest BCUT2D eigenvalue weighted by Gasteiger charge is 2.31. The van der Waals surface area contributed by atoms with E-state index in [0.717, 1.165) is 56.7 Å². The highest BCUT2D eigenvalue weighted by Crippen LogP contribution is 2.36. The Bertz CT molecular complexity index is 1160. The largest absolute Gasteiger partial charge is 0.445 e. The number of carbonyl (C=O) groups excluding carboxylic acids is 2. The van der Waals surface area contributed by atoms with Crippen molar-refractivity contribution < 1.29 is 19.4 Å². The Balaban J connectivity index is 1.19. The molecule has 2 saturated heterocycles. The number of aryl methyl sites for hydroxylation is 1. The summed E-state index contributed by atoms with van der Waals surface area (Å²) < 4.78 is 5.60. The number of nitrogens with zero attached hydrogens (tertiary/aromatic N) is 4. The molecule has 10 heteroatoms. The summed E-state index contributed by atoms with van der Waals surface area (Å²) in [4.78, 5) is 33.3. The highest BCUT2D eigenvalue weighted by molar-refractivity contribution is 6.34. The number of amides is 2. The molecule has 0 aromatic heterocycles. The predicted octanol–water partition coefficient (Wildman–Crippen LogP) is 3.96. The zero-order valence-corrected chi connectivity index (χ0v) is 23.1. The van der Waals surface area contributed by atoms with E-state index in [1.165, 1.54) is 11.1 Å². The second-order valence-corrected chi connectivity index (χ2v) is 11.3. The lowest BCUT2D eigenvalue weighted by Gasteiger charge is -2.40. The molecule has 2 fully saturated rings. The number of β-amino-alcohol motifs (C(OH)–C–C–N with tert-alkyl or cyclic N) is 1. The molecule has 0 spiro atoms. The standard InChI is InChI=1S/C28H34Cl2N4O4/c1-31(28(37)38-18-19-11-21(29)13-22(30)12-19)26-4-2-3-20-5-6-23(14-25(20)26)33-9-7-32(8-10-33)17-27(36)34-15-24(35)16-34/h5-6,11-14,24,26,35H,2-4,7-10,15-18H2,1H3. The number of halogens is 2. The Morgan fingerprint density at radius 1 is 1.05 bits per heavy atom. The summed E-state index contributed by atoms with van der Waals surface area (Å²) >= 11 is 12.1. The van der Waals surface area contributed by atoms with Crippen molar-refractivity contribution in [1.29, 1.82) is 0 Å². The van der Waals surface area contributed by atoms with Gasteiger partial charge in [-0.2, -0.15) is 0 Å². The van der Waals surface area contributed by atoms with Crippen LogP contribution in [0.5, 0.6) is 0 Å². The zero-order valence-electron chi connectivity index (χ0n) is 21.6. The maximum atomic E-state index is 13.0. The first kappa shape index (κ1) is 27.1. The molecule has 3 aliphatic rings. The molecule has 1 unspecified atom stereocenters. The second kappa shape index (κ2) is 11.7. The van der Waals surface area contributed by atoms with Crippen LogP contribution in [0.25, 0.3) is 0 Å². The molecular weight excluding hydrogens is 527 g/mol. The monoisotopic (exact) mass is 560 g/mol. The number of benzene rings is 2. The number of carbonyl (C=O) groups is 2. The normalized spacial score (nSPS) is 20.1. The first-order chi connectivity index (χ1) is 18.3. The lowest BCUT2D eigenvalue weighted by molar-refractivity contribution is -0.142.